The normalized spacial score (nSPS) is 22.9. The molecule has 1 aliphatic heterocycles. The summed E-state index contributed by atoms with van der Waals surface area (Å²) in [5.41, 5.74) is 0. The number of hydrogen-bond acceptors (Lipinski definition) is 2. The number of nitrogens with zero attached hydrogens (tertiary/aromatic N) is 1. The van der Waals surface area contributed by atoms with Gasteiger partial charge in [0.25, 0.3) is 0 Å². The van der Waals surface area contributed by atoms with Crippen molar-refractivity contribution in [3.8, 4) is 0 Å². The van der Waals surface area contributed by atoms with Crippen LogP contribution < -0.4 is 5.32 Å². The van der Waals surface area contributed by atoms with E-state index < -0.39 is 0 Å². The predicted molar refractivity (Wildman–Crippen MR) is 62.6 cm³/mol. The van der Waals surface area contributed by atoms with Crippen LogP contribution in [0.1, 0.15) is 40.5 Å². The molecule has 84 valence electrons. The van der Waals surface area contributed by atoms with Crippen LogP contribution in [0.3, 0.4) is 0 Å². The molecule has 1 N–H and O–H groups in total. The fourth-order valence-electron chi connectivity index (χ4n) is 2.10. The summed E-state index contributed by atoms with van der Waals surface area (Å²) in [5.74, 6) is 0.760. The van der Waals surface area contributed by atoms with Gasteiger partial charge in [-0.3, -0.25) is 0 Å². The van der Waals surface area contributed by atoms with E-state index in [2.05, 4.69) is 37.9 Å². The lowest BCUT2D eigenvalue weighted by Gasteiger charge is -2.30. The molecule has 1 heterocycles. The van der Waals surface area contributed by atoms with Crippen LogP contribution in [0, 0.1) is 5.92 Å². The van der Waals surface area contributed by atoms with E-state index >= 15 is 0 Å². The lowest BCUT2D eigenvalue weighted by molar-refractivity contribution is 0.194. The van der Waals surface area contributed by atoms with Crippen molar-refractivity contribution < 1.29 is 0 Å². The maximum Gasteiger partial charge on any atom is 0.0105 e. The third-order valence-corrected chi connectivity index (χ3v) is 3.39. The van der Waals surface area contributed by atoms with E-state index in [1.165, 1.54) is 25.9 Å². The third kappa shape index (κ3) is 3.58. The van der Waals surface area contributed by atoms with Crippen molar-refractivity contribution in [2.24, 2.45) is 5.92 Å². The van der Waals surface area contributed by atoms with Crippen molar-refractivity contribution >= 4 is 0 Å². The molecule has 1 aliphatic rings. The summed E-state index contributed by atoms with van der Waals surface area (Å²) < 4.78 is 0. The molecule has 14 heavy (non-hydrogen) atoms. The van der Waals surface area contributed by atoms with Gasteiger partial charge in [0, 0.05) is 12.1 Å². The van der Waals surface area contributed by atoms with Gasteiger partial charge in [-0.1, -0.05) is 20.8 Å². The molecule has 2 nitrogen and oxygen atoms in total. The SMILES string of the molecule is CC(C)NCC(C)C(C)N1CCCC1. The summed E-state index contributed by atoms with van der Waals surface area (Å²) in [6.07, 6.45) is 2.79. The van der Waals surface area contributed by atoms with Crippen LogP contribution in [-0.4, -0.2) is 36.6 Å². The molecular formula is C12H26N2. The van der Waals surface area contributed by atoms with Gasteiger partial charge in [-0.15, -0.1) is 0 Å². The molecular weight excluding hydrogens is 172 g/mol. The second-order valence-electron chi connectivity index (χ2n) is 5.02. The Hall–Kier alpha value is -0.0800. The molecule has 0 radical (unpaired) electrons. The van der Waals surface area contributed by atoms with Crippen LogP contribution in [0.25, 0.3) is 0 Å². The van der Waals surface area contributed by atoms with Crippen LogP contribution in [0.4, 0.5) is 0 Å². The molecule has 0 aromatic heterocycles. The van der Waals surface area contributed by atoms with E-state index in [9.17, 15) is 0 Å². The van der Waals surface area contributed by atoms with Gasteiger partial charge in [0.15, 0.2) is 0 Å². The average Bonchev–Trinajstić information content (AvgIpc) is 2.65. The fourth-order valence-corrected chi connectivity index (χ4v) is 2.10. The highest BCUT2D eigenvalue weighted by Gasteiger charge is 2.22. The van der Waals surface area contributed by atoms with Gasteiger partial charge in [0.05, 0.1) is 0 Å². The van der Waals surface area contributed by atoms with E-state index in [1.807, 2.05) is 0 Å². The third-order valence-electron chi connectivity index (χ3n) is 3.39. The Balaban J connectivity index is 2.24. The summed E-state index contributed by atoms with van der Waals surface area (Å²) in [5, 5.41) is 3.52. The quantitative estimate of drug-likeness (QED) is 0.728. The summed E-state index contributed by atoms with van der Waals surface area (Å²) in [6.45, 7) is 12.9. The maximum absolute atomic E-state index is 3.52. The molecule has 2 heteroatoms. The molecule has 0 aromatic rings. The highest BCUT2D eigenvalue weighted by atomic mass is 15.2. The molecule has 0 spiro atoms. The van der Waals surface area contributed by atoms with E-state index in [0.717, 1.165) is 18.5 Å². The Bertz CT molecular complexity index is 150. The molecule has 1 saturated heterocycles. The maximum atomic E-state index is 3.52. The van der Waals surface area contributed by atoms with Gasteiger partial charge in [-0.25, -0.2) is 0 Å². The van der Waals surface area contributed by atoms with Gasteiger partial charge in [-0.05, 0) is 45.3 Å². The Morgan fingerprint density at radius 2 is 1.64 bits per heavy atom. The van der Waals surface area contributed by atoms with Crippen molar-refractivity contribution in [2.45, 2.75) is 52.6 Å². The van der Waals surface area contributed by atoms with Crippen LogP contribution >= 0.6 is 0 Å². The lowest BCUT2D eigenvalue weighted by Crippen LogP contribution is -2.40. The average molecular weight is 198 g/mol. The van der Waals surface area contributed by atoms with Crippen LogP contribution in [0.15, 0.2) is 0 Å². The highest BCUT2D eigenvalue weighted by molar-refractivity contribution is 4.78. The minimum absolute atomic E-state index is 0.614. The van der Waals surface area contributed by atoms with Crippen molar-refractivity contribution in [1.82, 2.24) is 10.2 Å². The van der Waals surface area contributed by atoms with E-state index in [1.54, 1.807) is 0 Å². The minimum atomic E-state index is 0.614. The van der Waals surface area contributed by atoms with Crippen LogP contribution in [0.2, 0.25) is 0 Å². The molecule has 2 atom stereocenters. The minimum Gasteiger partial charge on any atom is -0.314 e. The first-order valence-corrected chi connectivity index (χ1v) is 6.08. The summed E-state index contributed by atoms with van der Waals surface area (Å²) >= 11 is 0. The Morgan fingerprint density at radius 1 is 1.07 bits per heavy atom. The van der Waals surface area contributed by atoms with Gasteiger partial charge in [0.1, 0.15) is 0 Å². The first kappa shape index (κ1) is 12.0. The van der Waals surface area contributed by atoms with Crippen molar-refractivity contribution in [3.63, 3.8) is 0 Å². The van der Waals surface area contributed by atoms with Crippen molar-refractivity contribution in [2.75, 3.05) is 19.6 Å². The zero-order chi connectivity index (χ0) is 10.6. The van der Waals surface area contributed by atoms with Gasteiger partial charge in [0.2, 0.25) is 0 Å². The number of likely N-dealkylation sites (tertiary alicyclic amines) is 1. The van der Waals surface area contributed by atoms with Gasteiger partial charge >= 0.3 is 0 Å². The summed E-state index contributed by atoms with van der Waals surface area (Å²) in [4.78, 5) is 2.63. The molecule has 2 unspecified atom stereocenters. The second-order valence-corrected chi connectivity index (χ2v) is 5.02. The zero-order valence-corrected chi connectivity index (χ0v) is 10.2. The fraction of sp³-hybridized carbons (Fsp3) is 1.00. The monoisotopic (exact) mass is 198 g/mol. The number of nitrogens with one attached hydrogen (secondary N) is 1. The Morgan fingerprint density at radius 3 is 2.14 bits per heavy atom. The second kappa shape index (κ2) is 5.72. The van der Waals surface area contributed by atoms with Crippen LogP contribution in [0.5, 0.6) is 0 Å². The first-order chi connectivity index (χ1) is 6.61. The largest absolute Gasteiger partial charge is 0.314 e. The lowest BCUT2D eigenvalue weighted by atomic mass is 10.0. The predicted octanol–water partition coefficient (Wildman–Crippen LogP) is 2.10. The first-order valence-electron chi connectivity index (χ1n) is 6.08. The summed E-state index contributed by atoms with van der Waals surface area (Å²) in [7, 11) is 0. The number of hydrogen-bond donors (Lipinski definition) is 1. The molecule has 0 bridgehead atoms. The topological polar surface area (TPSA) is 15.3 Å². The Kier molecular flexibility index (Phi) is 4.90. The van der Waals surface area contributed by atoms with E-state index in [0.29, 0.717) is 6.04 Å². The highest BCUT2D eigenvalue weighted by Crippen LogP contribution is 2.16. The molecule has 0 aliphatic carbocycles. The van der Waals surface area contributed by atoms with Crippen molar-refractivity contribution in [1.29, 1.82) is 0 Å². The Labute approximate surface area is 89.1 Å². The molecule has 0 aromatic carbocycles. The van der Waals surface area contributed by atoms with E-state index in [-0.39, 0.29) is 0 Å². The van der Waals surface area contributed by atoms with Gasteiger partial charge < -0.3 is 10.2 Å². The van der Waals surface area contributed by atoms with Crippen LogP contribution in [-0.2, 0) is 0 Å². The number of rotatable bonds is 5. The van der Waals surface area contributed by atoms with Gasteiger partial charge in [-0.2, -0.15) is 0 Å². The molecule has 1 rings (SSSR count). The smallest absolute Gasteiger partial charge is 0.0105 e. The standard InChI is InChI=1S/C12H26N2/c1-10(2)13-9-11(3)12(4)14-7-5-6-8-14/h10-13H,5-9H2,1-4H3. The molecule has 1 fully saturated rings. The van der Waals surface area contributed by atoms with E-state index in [4.69, 9.17) is 0 Å². The molecule has 0 saturated carbocycles. The van der Waals surface area contributed by atoms with Crippen molar-refractivity contribution in [3.05, 3.63) is 0 Å². The molecule has 0 amide bonds. The summed E-state index contributed by atoms with van der Waals surface area (Å²) in [6, 6.07) is 1.35. The zero-order valence-electron chi connectivity index (χ0n) is 10.2.